The van der Waals surface area contributed by atoms with E-state index in [1.807, 2.05) is 6.07 Å². The molecule has 2 aromatic rings. The summed E-state index contributed by atoms with van der Waals surface area (Å²) < 4.78 is 13.1. The average Bonchev–Trinajstić information content (AvgIpc) is 2.54. The lowest BCUT2D eigenvalue weighted by Crippen LogP contribution is -1.82. The fraction of sp³-hybridized carbons (Fsp3) is 0.111. The number of aromatic amines is 1. The summed E-state index contributed by atoms with van der Waals surface area (Å²) in [6.07, 6.45) is 1.75. The van der Waals surface area contributed by atoms with Gasteiger partial charge in [-0.1, -0.05) is 22.0 Å². The van der Waals surface area contributed by atoms with Gasteiger partial charge in [0.05, 0.1) is 5.52 Å². The van der Waals surface area contributed by atoms with Gasteiger partial charge in [-0.15, -0.1) is 0 Å². The fourth-order valence-electron chi connectivity index (χ4n) is 1.30. The van der Waals surface area contributed by atoms with Crippen molar-refractivity contribution in [2.45, 2.75) is 5.33 Å². The number of benzene rings is 1. The SMILES string of the molecule is Fc1ccc(CBr)c2cc[nH]c12. The van der Waals surface area contributed by atoms with Gasteiger partial charge in [-0.2, -0.15) is 0 Å². The molecular formula is C9H7BrFN. The van der Waals surface area contributed by atoms with Crippen LogP contribution in [0.15, 0.2) is 24.4 Å². The summed E-state index contributed by atoms with van der Waals surface area (Å²) in [7, 11) is 0. The van der Waals surface area contributed by atoms with Crippen molar-refractivity contribution in [3.05, 3.63) is 35.8 Å². The van der Waals surface area contributed by atoms with Gasteiger partial charge in [-0.3, -0.25) is 0 Å². The minimum Gasteiger partial charge on any atom is -0.359 e. The van der Waals surface area contributed by atoms with Crippen LogP contribution in [0.3, 0.4) is 0 Å². The van der Waals surface area contributed by atoms with Gasteiger partial charge in [0.2, 0.25) is 0 Å². The second-order valence-corrected chi connectivity index (χ2v) is 3.17. The van der Waals surface area contributed by atoms with Crippen LogP contribution in [0, 0.1) is 5.82 Å². The van der Waals surface area contributed by atoms with E-state index in [1.54, 1.807) is 12.3 Å². The molecule has 0 atom stereocenters. The van der Waals surface area contributed by atoms with Crippen molar-refractivity contribution < 1.29 is 4.39 Å². The topological polar surface area (TPSA) is 15.8 Å². The zero-order valence-electron chi connectivity index (χ0n) is 6.27. The number of H-pyrrole nitrogens is 1. The van der Waals surface area contributed by atoms with Crippen molar-refractivity contribution >= 4 is 26.8 Å². The lowest BCUT2D eigenvalue weighted by Gasteiger charge is -1.98. The molecule has 0 fully saturated rings. The molecule has 0 saturated carbocycles. The number of halogens is 2. The van der Waals surface area contributed by atoms with E-state index in [9.17, 15) is 4.39 Å². The highest BCUT2D eigenvalue weighted by atomic mass is 79.9. The van der Waals surface area contributed by atoms with Gasteiger partial charge in [-0.25, -0.2) is 4.39 Å². The molecule has 1 aromatic heterocycles. The molecule has 62 valence electrons. The Balaban J connectivity index is 2.82. The molecule has 0 aliphatic heterocycles. The Kier molecular flexibility index (Phi) is 1.89. The fourth-order valence-corrected chi connectivity index (χ4v) is 1.79. The number of hydrogen-bond donors (Lipinski definition) is 1. The molecule has 0 radical (unpaired) electrons. The highest BCUT2D eigenvalue weighted by molar-refractivity contribution is 9.08. The monoisotopic (exact) mass is 227 g/mol. The van der Waals surface area contributed by atoms with E-state index < -0.39 is 0 Å². The molecule has 0 aliphatic carbocycles. The second kappa shape index (κ2) is 2.90. The number of aromatic nitrogens is 1. The maximum atomic E-state index is 13.1. The van der Waals surface area contributed by atoms with E-state index in [0.29, 0.717) is 5.52 Å². The third-order valence-electron chi connectivity index (χ3n) is 1.91. The van der Waals surface area contributed by atoms with Gasteiger partial charge in [-0.05, 0) is 17.7 Å². The molecule has 0 amide bonds. The van der Waals surface area contributed by atoms with E-state index >= 15 is 0 Å². The Labute approximate surface area is 77.7 Å². The van der Waals surface area contributed by atoms with E-state index in [-0.39, 0.29) is 5.82 Å². The summed E-state index contributed by atoms with van der Waals surface area (Å²) in [6.45, 7) is 0. The zero-order chi connectivity index (χ0) is 8.55. The first kappa shape index (κ1) is 7.80. The first-order valence-electron chi connectivity index (χ1n) is 3.63. The highest BCUT2D eigenvalue weighted by Gasteiger charge is 2.04. The van der Waals surface area contributed by atoms with Crippen LogP contribution in [0.1, 0.15) is 5.56 Å². The third-order valence-corrected chi connectivity index (χ3v) is 2.51. The van der Waals surface area contributed by atoms with Crippen LogP contribution in [0.25, 0.3) is 10.9 Å². The number of alkyl halides is 1. The Morgan fingerprint density at radius 1 is 1.33 bits per heavy atom. The molecule has 1 heterocycles. The Morgan fingerprint density at radius 3 is 2.92 bits per heavy atom. The lowest BCUT2D eigenvalue weighted by atomic mass is 10.1. The summed E-state index contributed by atoms with van der Waals surface area (Å²) in [5.74, 6) is -0.195. The summed E-state index contributed by atoms with van der Waals surface area (Å²) in [6, 6.07) is 5.16. The summed E-state index contributed by atoms with van der Waals surface area (Å²) >= 11 is 3.35. The normalized spacial score (nSPS) is 10.8. The number of fused-ring (bicyclic) bond motifs is 1. The largest absolute Gasteiger partial charge is 0.359 e. The molecule has 0 saturated heterocycles. The third kappa shape index (κ3) is 1.05. The predicted molar refractivity (Wildman–Crippen MR) is 50.9 cm³/mol. The van der Waals surface area contributed by atoms with Gasteiger partial charge in [0.15, 0.2) is 0 Å². The first-order chi connectivity index (χ1) is 5.83. The van der Waals surface area contributed by atoms with Crippen LogP contribution in [-0.4, -0.2) is 4.98 Å². The first-order valence-corrected chi connectivity index (χ1v) is 4.75. The Bertz CT molecular complexity index is 408. The van der Waals surface area contributed by atoms with Gasteiger partial charge in [0, 0.05) is 16.9 Å². The molecular weight excluding hydrogens is 221 g/mol. The summed E-state index contributed by atoms with van der Waals surface area (Å²) in [4.78, 5) is 2.87. The van der Waals surface area contributed by atoms with Crippen LogP contribution < -0.4 is 0 Å². The minimum atomic E-state index is -0.195. The zero-order valence-corrected chi connectivity index (χ0v) is 7.86. The van der Waals surface area contributed by atoms with Crippen LogP contribution in [0.2, 0.25) is 0 Å². The molecule has 2 rings (SSSR count). The van der Waals surface area contributed by atoms with Crippen LogP contribution in [-0.2, 0) is 5.33 Å². The lowest BCUT2D eigenvalue weighted by molar-refractivity contribution is 0.637. The second-order valence-electron chi connectivity index (χ2n) is 2.61. The summed E-state index contributed by atoms with van der Waals surface area (Å²) in [5, 5.41) is 1.70. The van der Waals surface area contributed by atoms with E-state index in [1.165, 1.54) is 6.07 Å². The van der Waals surface area contributed by atoms with Gasteiger partial charge in [0.1, 0.15) is 5.82 Å². The van der Waals surface area contributed by atoms with Gasteiger partial charge < -0.3 is 4.98 Å². The van der Waals surface area contributed by atoms with Crippen molar-refractivity contribution in [2.24, 2.45) is 0 Å². The summed E-state index contributed by atoms with van der Waals surface area (Å²) in [5.41, 5.74) is 1.69. The van der Waals surface area contributed by atoms with Crippen molar-refractivity contribution in [3.8, 4) is 0 Å². The Morgan fingerprint density at radius 2 is 2.17 bits per heavy atom. The molecule has 0 unspecified atom stereocenters. The van der Waals surface area contributed by atoms with Crippen molar-refractivity contribution in [1.82, 2.24) is 4.98 Å². The molecule has 12 heavy (non-hydrogen) atoms. The number of hydrogen-bond acceptors (Lipinski definition) is 0. The van der Waals surface area contributed by atoms with E-state index in [2.05, 4.69) is 20.9 Å². The van der Waals surface area contributed by atoms with Crippen LogP contribution >= 0.6 is 15.9 Å². The predicted octanol–water partition coefficient (Wildman–Crippen LogP) is 3.20. The van der Waals surface area contributed by atoms with Crippen LogP contribution in [0.4, 0.5) is 4.39 Å². The average molecular weight is 228 g/mol. The molecule has 1 N–H and O–H groups in total. The standard InChI is InChI=1S/C9H7BrFN/c10-5-6-1-2-8(11)9-7(6)3-4-12-9/h1-4,12H,5H2. The Hall–Kier alpha value is -0.830. The molecule has 3 heteroatoms. The molecule has 1 aromatic carbocycles. The van der Waals surface area contributed by atoms with Crippen LogP contribution in [0.5, 0.6) is 0 Å². The van der Waals surface area contributed by atoms with E-state index in [0.717, 1.165) is 16.3 Å². The highest BCUT2D eigenvalue weighted by Crippen LogP contribution is 2.22. The quantitative estimate of drug-likeness (QED) is 0.721. The number of rotatable bonds is 1. The maximum absolute atomic E-state index is 13.1. The van der Waals surface area contributed by atoms with Gasteiger partial charge in [0.25, 0.3) is 0 Å². The van der Waals surface area contributed by atoms with Crippen molar-refractivity contribution in [3.63, 3.8) is 0 Å². The van der Waals surface area contributed by atoms with E-state index in [4.69, 9.17) is 0 Å². The maximum Gasteiger partial charge on any atom is 0.147 e. The smallest absolute Gasteiger partial charge is 0.147 e. The molecule has 0 bridgehead atoms. The minimum absolute atomic E-state index is 0.195. The number of nitrogens with one attached hydrogen (secondary N) is 1. The molecule has 1 nitrogen and oxygen atoms in total. The van der Waals surface area contributed by atoms with Crippen molar-refractivity contribution in [2.75, 3.05) is 0 Å². The van der Waals surface area contributed by atoms with Crippen molar-refractivity contribution in [1.29, 1.82) is 0 Å². The molecule has 0 spiro atoms. The molecule has 0 aliphatic rings. The van der Waals surface area contributed by atoms with Gasteiger partial charge >= 0.3 is 0 Å².